The number of hydrogen-bond acceptors (Lipinski definition) is 7. The summed E-state index contributed by atoms with van der Waals surface area (Å²) in [5.74, 6) is -1.54. The zero-order valence-corrected chi connectivity index (χ0v) is 22.9. The number of thiophene rings is 1. The number of carboxylic acids is 1. The highest BCUT2D eigenvalue weighted by Gasteiger charge is 2.26. The Morgan fingerprint density at radius 1 is 1.07 bits per heavy atom. The van der Waals surface area contributed by atoms with Gasteiger partial charge < -0.3 is 30.9 Å². The van der Waals surface area contributed by atoms with E-state index in [2.05, 4.69) is 25.8 Å². The number of carbonyl (C=O) groups is 4. The standard InChI is InChI=1S/C28H32N6O5S/c1-2-9-30-28(39)32-22-16-19(26(37)31-21(17-25(35)36)20-5-3-10-29-18-20)7-8-23(22)33-11-13-34(14-12-33)27(38)24-6-4-15-40-24/h3-8,10,15-16,18,21H,2,9,11-14,17H2,1H3,(H,31,37)(H,35,36)(H2,30,32,39). The average molecular weight is 565 g/mol. The summed E-state index contributed by atoms with van der Waals surface area (Å²) >= 11 is 1.41. The summed E-state index contributed by atoms with van der Waals surface area (Å²) in [6, 6.07) is 10.9. The van der Waals surface area contributed by atoms with Crippen LogP contribution in [-0.4, -0.2) is 71.5 Å². The van der Waals surface area contributed by atoms with E-state index in [-0.39, 0.29) is 17.9 Å². The predicted molar refractivity (Wildman–Crippen MR) is 153 cm³/mol. The molecule has 3 heterocycles. The lowest BCUT2D eigenvalue weighted by Crippen LogP contribution is -2.49. The van der Waals surface area contributed by atoms with Gasteiger partial charge in [-0.2, -0.15) is 0 Å². The second-order valence-electron chi connectivity index (χ2n) is 9.28. The summed E-state index contributed by atoms with van der Waals surface area (Å²) in [6.45, 7) is 4.58. The van der Waals surface area contributed by atoms with E-state index in [1.54, 1.807) is 36.5 Å². The van der Waals surface area contributed by atoms with E-state index < -0.39 is 23.9 Å². The van der Waals surface area contributed by atoms with E-state index in [1.807, 2.05) is 29.3 Å². The molecule has 0 radical (unpaired) electrons. The van der Waals surface area contributed by atoms with Crippen LogP contribution in [0.1, 0.15) is 51.4 Å². The fourth-order valence-corrected chi connectivity index (χ4v) is 5.11. The van der Waals surface area contributed by atoms with Gasteiger partial charge in [0.2, 0.25) is 0 Å². The third-order valence-corrected chi connectivity index (χ3v) is 7.31. The van der Waals surface area contributed by atoms with Gasteiger partial charge in [0, 0.05) is 50.7 Å². The molecule has 4 amide bonds. The van der Waals surface area contributed by atoms with Crippen molar-refractivity contribution < 1.29 is 24.3 Å². The number of urea groups is 1. The van der Waals surface area contributed by atoms with Gasteiger partial charge in [-0.3, -0.25) is 19.4 Å². The first-order valence-corrected chi connectivity index (χ1v) is 13.9. The van der Waals surface area contributed by atoms with Crippen molar-refractivity contribution in [2.45, 2.75) is 25.8 Å². The van der Waals surface area contributed by atoms with Crippen LogP contribution in [0.2, 0.25) is 0 Å². The number of nitrogens with zero attached hydrogens (tertiary/aromatic N) is 3. The molecule has 1 atom stereocenters. The summed E-state index contributed by atoms with van der Waals surface area (Å²) < 4.78 is 0. The molecular formula is C28H32N6O5S. The Balaban J connectivity index is 1.53. The molecular weight excluding hydrogens is 532 g/mol. The van der Waals surface area contributed by atoms with E-state index in [0.29, 0.717) is 48.9 Å². The Morgan fingerprint density at radius 3 is 2.52 bits per heavy atom. The second kappa shape index (κ2) is 13.6. The van der Waals surface area contributed by atoms with Crippen molar-refractivity contribution in [1.29, 1.82) is 0 Å². The minimum absolute atomic E-state index is 0.00323. The van der Waals surface area contributed by atoms with E-state index in [4.69, 9.17) is 0 Å². The number of aromatic nitrogens is 1. The first-order valence-electron chi connectivity index (χ1n) is 13.0. The van der Waals surface area contributed by atoms with Gasteiger partial charge in [0.05, 0.1) is 28.7 Å². The molecule has 40 heavy (non-hydrogen) atoms. The van der Waals surface area contributed by atoms with Crippen LogP contribution in [0.4, 0.5) is 16.2 Å². The highest BCUT2D eigenvalue weighted by atomic mass is 32.1. The van der Waals surface area contributed by atoms with Crippen LogP contribution in [0.5, 0.6) is 0 Å². The third-order valence-electron chi connectivity index (χ3n) is 6.45. The first-order chi connectivity index (χ1) is 19.4. The zero-order valence-electron chi connectivity index (χ0n) is 22.1. The quantitative estimate of drug-likeness (QED) is 0.295. The number of aliphatic carboxylic acids is 1. The Hall–Kier alpha value is -4.45. The van der Waals surface area contributed by atoms with E-state index in [0.717, 1.165) is 12.1 Å². The molecule has 0 bridgehead atoms. The van der Waals surface area contributed by atoms with Crippen molar-refractivity contribution in [3.8, 4) is 0 Å². The van der Waals surface area contributed by atoms with Gasteiger partial charge in [-0.15, -0.1) is 11.3 Å². The maximum Gasteiger partial charge on any atom is 0.319 e. The smallest absolute Gasteiger partial charge is 0.319 e. The molecule has 1 aliphatic heterocycles. The van der Waals surface area contributed by atoms with Crippen LogP contribution >= 0.6 is 11.3 Å². The Labute approximate surface area is 236 Å². The summed E-state index contributed by atoms with van der Waals surface area (Å²) in [6.07, 6.45) is 3.54. The molecule has 1 saturated heterocycles. The van der Waals surface area contributed by atoms with E-state index in [1.165, 1.54) is 17.5 Å². The molecule has 4 rings (SSSR count). The zero-order chi connectivity index (χ0) is 28.5. The number of rotatable bonds is 10. The maximum absolute atomic E-state index is 13.2. The monoisotopic (exact) mass is 564 g/mol. The number of pyridine rings is 1. The third kappa shape index (κ3) is 7.35. The second-order valence-corrected chi connectivity index (χ2v) is 10.2. The lowest BCUT2D eigenvalue weighted by molar-refractivity contribution is -0.137. The van der Waals surface area contributed by atoms with Gasteiger partial charge in [0.25, 0.3) is 11.8 Å². The number of benzene rings is 1. The summed E-state index contributed by atoms with van der Waals surface area (Å²) in [7, 11) is 0. The summed E-state index contributed by atoms with van der Waals surface area (Å²) in [5, 5.41) is 19.7. The van der Waals surface area contributed by atoms with Crippen LogP contribution in [0.25, 0.3) is 0 Å². The van der Waals surface area contributed by atoms with Crippen LogP contribution in [0, 0.1) is 0 Å². The van der Waals surface area contributed by atoms with Crippen LogP contribution in [0.15, 0.2) is 60.2 Å². The molecule has 12 heteroatoms. The molecule has 1 aliphatic rings. The van der Waals surface area contributed by atoms with Gasteiger partial charge in [0.1, 0.15) is 0 Å². The van der Waals surface area contributed by atoms with Gasteiger partial charge in [-0.1, -0.05) is 19.1 Å². The fourth-order valence-electron chi connectivity index (χ4n) is 4.42. The van der Waals surface area contributed by atoms with Crippen molar-refractivity contribution in [3.63, 3.8) is 0 Å². The molecule has 4 N–H and O–H groups in total. The largest absolute Gasteiger partial charge is 0.481 e. The number of amides is 4. The van der Waals surface area contributed by atoms with Gasteiger partial charge in [-0.05, 0) is 47.7 Å². The minimum Gasteiger partial charge on any atom is -0.481 e. The Bertz CT molecular complexity index is 1330. The normalized spacial score (nSPS) is 13.8. The topological polar surface area (TPSA) is 144 Å². The maximum atomic E-state index is 13.2. The van der Waals surface area contributed by atoms with Crippen LogP contribution in [-0.2, 0) is 4.79 Å². The molecule has 0 aliphatic carbocycles. The minimum atomic E-state index is -1.06. The fraction of sp³-hybridized carbons (Fsp3) is 0.321. The van der Waals surface area contributed by atoms with Crippen LogP contribution < -0.4 is 20.9 Å². The highest BCUT2D eigenvalue weighted by molar-refractivity contribution is 7.12. The SMILES string of the molecule is CCCNC(=O)Nc1cc(C(=O)NC(CC(=O)O)c2cccnc2)ccc1N1CCN(C(=O)c2cccs2)CC1. The van der Waals surface area contributed by atoms with Crippen molar-refractivity contribution in [3.05, 3.63) is 76.2 Å². The Morgan fingerprint density at radius 2 is 1.88 bits per heavy atom. The lowest BCUT2D eigenvalue weighted by Gasteiger charge is -2.37. The highest BCUT2D eigenvalue weighted by Crippen LogP contribution is 2.29. The molecule has 1 aromatic carbocycles. The van der Waals surface area contributed by atoms with Gasteiger partial charge >= 0.3 is 12.0 Å². The van der Waals surface area contributed by atoms with Crippen molar-refractivity contribution in [2.24, 2.45) is 0 Å². The van der Waals surface area contributed by atoms with Crippen LogP contribution in [0.3, 0.4) is 0 Å². The molecule has 3 aromatic rings. The molecule has 0 spiro atoms. The lowest BCUT2D eigenvalue weighted by atomic mass is 10.0. The van der Waals surface area contributed by atoms with Gasteiger partial charge in [0.15, 0.2) is 0 Å². The molecule has 2 aromatic heterocycles. The number of nitrogens with one attached hydrogen (secondary N) is 3. The Kier molecular flexibility index (Phi) is 9.68. The number of carbonyl (C=O) groups excluding carboxylic acids is 3. The van der Waals surface area contributed by atoms with E-state index in [9.17, 15) is 24.3 Å². The first kappa shape index (κ1) is 28.6. The molecule has 210 valence electrons. The number of anilines is 2. The number of carboxylic acid groups (broad SMARTS) is 1. The number of hydrogen-bond donors (Lipinski definition) is 4. The van der Waals surface area contributed by atoms with E-state index >= 15 is 0 Å². The number of piperazine rings is 1. The molecule has 11 nitrogen and oxygen atoms in total. The average Bonchev–Trinajstić information content (AvgIpc) is 3.51. The van der Waals surface area contributed by atoms with Crippen molar-refractivity contribution in [1.82, 2.24) is 20.5 Å². The van der Waals surface area contributed by atoms with Crippen molar-refractivity contribution in [2.75, 3.05) is 42.9 Å². The summed E-state index contributed by atoms with van der Waals surface area (Å²) in [5.41, 5.74) is 2.00. The summed E-state index contributed by atoms with van der Waals surface area (Å²) in [4.78, 5) is 58.6. The van der Waals surface area contributed by atoms with Gasteiger partial charge in [-0.25, -0.2) is 4.79 Å². The molecule has 0 saturated carbocycles. The predicted octanol–water partition coefficient (Wildman–Crippen LogP) is 3.58. The van der Waals surface area contributed by atoms with Crippen molar-refractivity contribution >= 4 is 46.5 Å². The molecule has 1 fully saturated rings. The molecule has 1 unspecified atom stereocenters.